The summed E-state index contributed by atoms with van der Waals surface area (Å²) in [7, 11) is -3.75. The number of rotatable bonds is 9. The van der Waals surface area contributed by atoms with Crippen molar-refractivity contribution >= 4 is 26.9 Å². The fourth-order valence-electron chi connectivity index (χ4n) is 5.07. The first kappa shape index (κ1) is 23.8. The maximum absolute atomic E-state index is 13.7. The minimum Gasteiger partial charge on any atom is -0.494 e. The van der Waals surface area contributed by atoms with Gasteiger partial charge in [-0.15, -0.1) is 0 Å². The molecule has 5 rings (SSSR count). The highest BCUT2D eigenvalue weighted by Gasteiger charge is 2.43. The lowest BCUT2D eigenvalue weighted by Crippen LogP contribution is -2.40. The molecule has 9 nitrogen and oxygen atoms in total. The van der Waals surface area contributed by atoms with Crippen molar-refractivity contribution in [3.63, 3.8) is 0 Å². The quantitative estimate of drug-likeness (QED) is 0.482. The molecule has 1 aromatic heterocycles. The number of fused-ring (bicyclic) bond motifs is 1. The maximum Gasteiger partial charge on any atom is 0.309 e. The smallest absolute Gasteiger partial charge is 0.309 e. The van der Waals surface area contributed by atoms with E-state index in [0.29, 0.717) is 50.0 Å². The number of carbonyl (C=O) groups is 1. The van der Waals surface area contributed by atoms with Crippen LogP contribution in [0.15, 0.2) is 53.4 Å². The molecular weight excluding hydrogens is 470 g/mol. The van der Waals surface area contributed by atoms with Crippen molar-refractivity contribution in [2.24, 2.45) is 5.92 Å². The van der Waals surface area contributed by atoms with Crippen LogP contribution in [0.5, 0.6) is 5.75 Å². The fourth-order valence-corrected chi connectivity index (χ4v) is 6.75. The molecular formula is C25H29N3O6S. The molecule has 2 atom stereocenters. The Balaban J connectivity index is 1.48. The first-order valence-corrected chi connectivity index (χ1v) is 13.3. The molecule has 0 bridgehead atoms. The Morgan fingerprint density at radius 2 is 1.91 bits per heavy atom. The topological polar surface area (TPSA) is 111 Å². The number of benzene rings is 2. The summed E-state index contributed by atoms with van der Waals surface area (Å²) in [5.41, 5.74) is 1.31. The number of carboxylic acids is 1. The third-order valence-electron chi connectivity index (χ3n) is 6.75. The number of aromatic nitrogens is 2. The Morgan fingerprint density at radius 3 is 2.57 bits per heavy atom. The van der Waals surface area contributed by atoms with Crippen LogP contribution < -0.4 is 4.74 Å². The summed E-state index contributed by atoms with van der Waals surface area (Å²) < 4.78 is 41.7. The van der Waals surface area contributed by atoms with Crippen LogP contribution in [0.3, 0.4) is 0 Å². The molecule has 35 heavy (non-hydrogen) atoms. The SMILES string of the molecule is CCOc1ccc(S(=O)(=O)N2C[C@H](n3nc(CC(=O)O)c4ccccc43)C[C@@H]2CC2COC2)cc1. The number of aliphatic carboxylic acids is 1. The van der Waals surface area contributed by atoms with Crippen LogP contribution in [0.4, 0.5) is 0 Å². The summed E-state index contributed by atoms with van der Waals surface area (Å²) in [5, 5.41) is 14.8. The van der Waals surface area contributed by atoms with Crippen LogP contribution in [0.25, 0.3) is 10.9 Å². The third kappa shape index (κ3) is 4.65. The summed E-state index contributed by atoms with van der Waals surface area (Å²) in [6.07, 6.45) is 1.14. The van der Waals surface area contributed by atoms with Gasteiger partial charge in [-0.05, 0) is 50.1 Å². The van der Waals surface area contributed by atoms with Crippen molar-refractivity contribution in [1.29, 1.82) is 0 Å². The van der Waals surface area contributed by atoms with Gasteiger partial charge in [0.05, 0.1) is 48.4 Å². The van der Waals surface area contributed by atoms with Gasteiger partial charge in [-0.3, -0.25) is 9.48 Å². The monoisotopic (exact) mass is 499 g/mol. The van der Waals surface area contributed by atoms with E-state index in [1.807, 2.05) is 35.9 Å². The first-order valence-electron chi connectivity index (χ1n) is 11.9. The van der Waals surface area contributed by atoms with Gasteiger partial charge in [-0.1, -0.05) is 18.2 Å². The largest absolute Gasteiger partial charge is 0.494 e. The molecule has 2 aromatic carbocycles. The van der Waals surface area contributed by atoms with Crippen LogP contribution in [-0.4, -0.2) is 66.0 Å². The second kappa shape index (κ2) is 9.60. The van der Waals surface area contributed by atoms with Crippen molar-refractivity contribution in [3.05, 3.63) is 54.2 Å². The van der Waals surface area contributed by atoms with Gasteiger partial charge in [0.15, 0.2) is 0 Å². The predicted octanol–water partition coefficient (Wildman–Crippen LogP) is 3.10. The highest BCUT2D eigenvalue weighted by molar-refractivity contribution is 7.89. The Kier molecular flexibility index (Phi) is 6.52. The van der Waals surface area contributed by atoms with E-state index in [9.17, 15) is 18.3 Å². The van der Waals surface area contributed by atoms with Crippen LogP contribution in [0.1, 0.15) is 31.5 Å². The number of hydrogen-bond donors (Lipinski definition) is 1. The van der Waals surface area contributed by atoms with E-state index in [0.717, 1.165) is 10.9 Å². The van der Waals surface area contributed by atoms with Crippen LogP contribution in [-0.2, 0) is 26.0 Å². The van der Waals surface area contributed by atoms with Crippen molar-refractivity contribution in [2.75, 3.05) is 26.4 Å². The zero-order chi connectivity index (χ0) is 24.6. The van der Waals surface area contributed by atoms with Gasteiger partial charge in [0.25, 0.3) is 0 Å². The molecule has 3 heterocycles. The third-order valence-corrected chi connectivity index (χ3v) is 8.68. The van der Waals surface area contributed by atoms with E-state index in [1.165, 1.54) is 0 Å². The molecule has 3 aromatic rings. The van der Waals surface area contributed by atoms with E-state index in [-0.39, 0.29) is 29.9 Å². The summed E-state index contributed by atoms with van der Waals surface area (Å²) in [6, 6.07) is 13.7. The normalized spacial score (nSPS) is 21.3. The van der Waals surface area contributed by atoms with Crippen LogP contribution in [0, 0.1) is 5.92 Å². The molecule has 10 heteroatoms. The molecule has 2 fully saturated rings. The zero-order valence-electron chi connectivity index (χ0n) is 19.5. The lowest BCUT2D eigenvalue weighted by Gasteiger charge is -2.31. The summed E-state index contributed by atoms with van der Waals surface area (Å²) in [5.74, 6) is 0.00555. The van der Waals surface area contributed by atoms with E-state index < -0.39 is 16.0 Å². The van der Waals surface area contributed by atoms with E-state index in [1.54, 1.807) is 28.6 Å². The highest BCUT2D eigenvalue weighted by Crippen LogP contribution is 2.38. The van der Waals surface area contributed by atoms with E-state index in [2.05, 4.69) is 5.10 Å². The zero-order valence-corrected chi connectivity index (χ0v) is 20.4. The molecule has 0 saturated carbocycles. The molecule has 186 valence electrons. The summed E-state index contributed by atoms with van der Waals surface area (Å²) in [4.78, 5) is 11.6. The van der Waals surface area contributed by atoms with Gasteiger partial charge < -0.3 is 14.6 Å². The van der Waals surface area contributed by atoms with E-state index in [4.69, 9.17) is 9.47 Å². The molecule has 2 saturated heterocycles. The maximum atomic E-state index is 13.7. The summed E-state index contributed by atoms with van der Waals surface area (Å²) >= 11 is 0. The molecule has 0 radical (unpaired) electrons. The minimum absolute atomic E-state index is 0.183. The van der Waals surface area contributed by atoms with Crippen molar-refractivity contribution < 1.29 is 27.8 Å². The number of sulfonamides is 1. The van der Waals surface area contributed by atoms with Crippen molar-refractivity contribution in [2.45, 2.75) is 43.2 Å². The summed E-state index contributed by atoms with van der Waals surface area (Å²) in [6.45, 7) is 3.95. The van der Waals surface area contributed by atoms with Gasteiger partial charge in [0, 0.05) is 23.9 Å². The average molecular weight is 500 g/mol. The van der Waals surface area contributed by atoms with Gasteiger partial charge in [0.1, 0.15) is 5.75 Å². The fraction of sp³-hybridized carbons (Fsp3) is 0.440. The highest BCUT2D eigenvalue weighted by atomic mass is 32.2. The molecule has 0 amide bonds. The number of hydrogen-bond acceptors (Lipinski definition) is 6. The lowest BCUT2D eigenvalue weighted by molar-refractivity contribution is -0.136. The Hall–Kier alpha value is -2.95. The molecule has 2 aliphatic heterocycles. The first-order chi connectivity index (χ1) is 16.9. The van der Waals surface area contributed by atoms with Gasteiger partial charge >= 0.3 is 5.97 Å². The standard InChI is InChI=1S/C25H29N3O6S/c1-2-34-20-7-9-21(10-8-20)35(31,32)27-14-19(12-18(27)11-17-15-33-16-17)28-24-6-4-3-5-22(24)23(26-28)13-25(29)30/h3-10,17-19H,2,11-16H2,1H3,(H,29,30)/t18-,19+/m0/s1. The van der Waals surface area contributed by atoms with Gasteiger partial charge in [-0.2, -0.15) is 9.40 Å². The number of para-hydroxylation sites is 1. The lowest BCUT2D eigenvalue weighted by atomic mass is 9.97. The van der Waals surface area contributed by atoms with Crippen molar-refractivity contribution in [3.8, 4) is 5.75 Å². The molecule has 1 N–H and O–H groups in total. The number of ether oxygens (including phenoxy) is 2. The van der Waals surface area contributed by atoms with Crippen LogP contribution in [0.2, 0.25) is 0 Å². The number of carboxylic acid groups (broad SMARTS) is 1. The average Bonchev–Trinajstić information content (AvgIpc) is 3.39. The van der Waals surface area contributed by atoms with Crippen LogP contribution >= 0.6 is 0 Å². The van der Waals surface area contributed by atoms with E-state index >= 15 is 0 Å². The Bertz CT molecular complexity index is 1320. The second-order valence-corrected chi connectivity index (χ2v) is 11.0. The molecule has 0 spiro atoms. The van der Waals surface area contributed by atoms with Crippen molar-refractivity contribution in [1.82, 2.24) is 14.1 Å². The molecule has 0 unspecified atom stereocenters. The Labute approximate surface area is 204 Å². The minimum atomic E-state index is -3.75. The predicted molar refractivity (Wildman–Crippen MR) is 129 cm³/mol. The number of nitrogens with zero attached hydrogens (tertiary/aromatic N) is 3. The Morgan fingerprint density at radius 1 is 1.17 bits per heavy atom. The molecule has 2 aliphatic rings. The van der Waals surface area contributed by atoms with Gasteiger partial charge in [-0.25, -0.2) is 8.42 Å². The second-order valence-electron chi connectivity index (χ2n) is 9.14. The van der Waals surface area contributed by atoms with Gasteiger partial charge in [0.2, 0.25) is 10.0 Å². The molecule has 0 aliphatic carbocycles.